The highest BCUT2D eigenvalue weighted by Crippen LogP contribution is 2.14. The second-order valence-electron chi connectivity index (χ2n) is 2.88. The number of rotatable bonds is 1. The van der Waals surface area contributed by atoms with Crippen molar-refractivity contribution in [3.8, 4) is 0 Å². The fourth-order valence-corrected chi connectivity index (χ4v) is 1.22. The molecule has 2 heterocycles. The number of fused-ring (bicyclic) bond motifs is 1. The molecule has 0 bridgehead atoms. The first-order valence-electron chi connectivity index (χ1n) is 4.01. The Labute approximate surface area is 75.6 Å². The Morgan fingerprint density at radius 1 is 1.54 bits per heavy atom. The van der Waals surface area contributed by atoms with Crippen LogP contribution >= 0.6 is 0 Å². The van der Waals surface area contributed by atoms with Crippen LogP contribution in [-0.4, -0.2) is 21.6 Å². The zero-order valence-electron chi connectivity index (χ0n) is 7.57. The minimum absolute atomic E-state index is 0.586. The van der Waals surface area contributed by atoms with Crippen molar-refractivity contribution in [2.75, 3.05) is 18.1 Å². The van der Waals surface area contributed by atoms with E-state index in [2.05, 4.69) is 15.4 Å². The Morgan fingerprint density at radius 3 is 3.00 bits per heavy atom. The molecule has 0 saturated carbocycles. The molecule has 2 aromatic rings. The lowest BCUT2D eigenvalue weighted by Gasteiger charge is -2.03. The van der Waals surface area contributed by atoms with Crippen molar-refractivity contribution in [3.63, 3.8) is 0 Å². The molecule has 0 aliphatic heterocycles. The minimum Gasteiger partial charge on any atom is -0.383 e. The first-order valence-corrected chi connectivity index (χ1v) is 4.01. The van der Waals surface area contributed by atoms with Gasteiger partial charge in [-0.25, -0.2) is 4.98 Å². The number of nitrogens with zero attached hydrogens (tertiary/aromatic N) is 3. The van der Waals surface area contributed by atoms with E-state index < -0.39 is 0 Å². The molecule has 13 heavy (non-hydrogen) atoms. The molecule has 0 unspecified atom stereocenters. The van der Waals surface area contributed by atoms with E-state index in [4.69, 9.17) is 5.73 Å². The van der Waals surface area contributed by atoms with Crippen LogP contribution in [0.5, 0.6) is 0 Å². The highest BCUT2D eigenvalue weighted by molar-refractivity contribution is 5.57. The van der Waals surface area contributed by atoms with Crippen molar-refractivity contribution in [3.05, 3.63) is 17.8 Å². The van der Waals surface area contributed by atoms with Crippen molar-refractivity contribution < 1.29 is 0 Å². The summed E-state index contributed by atoms with van der Waals surface area (Å²) >= 11 is 0. The van der Waals surface area contributed by atoms with Crippen LogP contribution in [0.25, 0.3) is 5.65 Å². The van der Waals surface area contributed by atoms with Crippen LogP contribution in [0.2, 0.25) is 0 Å². The predicted octanol–water partition coefficient (Wildman–Crippen LogP) is 0.662. The van der Waals surface area contributed by atoms with Gasteiger partial charge in [-0.05, 0) is 6.92 Å². The zero-order chi connectivity index (χ0) is 9.42. The minimum atomic E-state index is 0.586. The van der Waals surface area contributed by atoms with Crippen LogP contribution in [0.15, 0.2) is 12.3 Å². The predicted molar refractivity (Wildman–Crippen MR) is 51.7 cm³/mol. The van der Waals surface area contributed by atoms with Crippen LogP contribution in [0.4, 0.5) is 11.6 Å². The zero-order valence-corrected chi connectivity index (χ0v) is 7.57. The van der Waals surface area contributed by atoms with Crippen molar-refractivity contribution in [2.45, 2.75) is 6.92 Å². The van der Waals surface area contributed by atoms with Gasteiger partial charge in [-0.3, -0.25) is 0 Å². The Morgan fingerprint density at radius 2 is 2.31 bits per heavy atom. The van der Waals surface area contributed by atoms with Gasteiger partial charge in [0.05, 0.1) is 6.20 Å². The molecule has 0 aliphatic carbocycles. The van der Waals surface area contributed by atoms with Gasteiger partial charge in [0.15, 0.2) is 5.65 Å². The lowest BCUT2D eigenvalue weighted by molar-refractivity contribution is 0.953. The van der Waals surface area contributed by atoms with E-state index in [0.29, 0.717) is 5.82 Å². The molecule has 0 radical (unpaired) electrons. The van der Waals surface area contributed by atoms with E-state index >= 15 is 0 Å². The first-order chi connectivity index (χ1) is 6.22. The normalized spacial score (nSPS) is 10.6. The summed E-state index contributed by atoms with van der Waals surface area (Å²) in [6.07, 6.45) is 1.75. The van der Waals surface area contributed by atoms with Crippen LogP contribution in [0, 0.1) is 6.92 Å². The molecule has 0 fully saturated rings. The number of hydrogen-bond donors (Lipinski definition) is 2. The van der Waals surface area contributed by atoms with Gasteiger partial charge in [-0.1, -0.05) is 0 Å². The maximum atomic E-state index is 5.77. The van der Waals surface area contributed by atoms with Gasteiger partial charge in [0.1, 0.15) is 11.6 Å². The monoisotopic (exact) mass is 177 g/mol. The average molecular weight is 177 g/mol. The maximum absolute atomic E-state index is 5.77. The second kappa shape index (κ2) is 2.62. The lowest BCUT2D eigenvalue weighted by atomic mass is 10.4. The smallest absolute Gasteiger partial charge is 0.162 e. The van der Waals surface area contributed by atoms with Gasteiger partial charge >= 0.3 is 0 Å². The van der Waals surface area contributed by atoms with Gasteiger partial charge in [0.25, 0.3) is 0 Å². The molecule has 5 nitrogen and oxygen atoms in total. The van der Waals surface area contributed by atoms with Crippen molar-refractivity contribution >= 4 is 17.3 Å². The van der Waals surface area contributed by atoms with Gasteiger partial charge in [0.2, 0.25) is 0 Å². The molecule has 0 atom stereocenters. The summed E-state index contributed by atoms with van der Waals surface area (Å²) in [7, 11) is 1.81. The molecule has 0 saturated heterocycles. The van der Waals surface area contributed by atoms with E-state index in [1.165, 1.54) is 0 Å². The van der Waals surface area contributed by atoms with Gasteiger partial charge in [0, 0.05) is 18.7 Å². The van der Waals surface area contributed by atoms with E-state index in [9.17, 15) is 0 Å². The number of nitrogens with one attached hydrogen (secondary N) is 1. The van der Waals surface area contributed by atoms with Crippen molar-refractivity contribution in [2.24, 2.45) is 0 Å². The van der Waals surface area contributed by atoms with E-state index in [-0.39, 0.29) is 0 Å². The maximum Gasteiger partial charge on any atom is 0.162 e. The second-order valence-corrected chi connectivity index (χ2v) is 2.88. The molecule has 2 rings (SSSR count). The number of aromatic nitrogens is 3. The highest BCUT2D eigenvalue weighted by atomic mass is 15.3. The Hall–Kier alpha value is -1.78. The van der Waals surface area contributed by atoms with Gasteiger partial charge in [-0.2, -0.15) is 9.61 Å². The highest BCUT2D eigenvalue weighted by Gasteiger charge is 2.05. The number of nitrogens with two attached hydrogens (primary N) is 1. The van der Waals surface area contributed by atoms with E-state index in [0.717, 1.165) is 17.0 Å². The molecule has 2 aromatic heterocycles. The number of hydrogen-bond acceptors (Lipinski definition) is 4. The summed E-state index contributed by atoms with van der Waals surface area (Å²) in [6.45, 7) is 1.95. The van der Waals surface area contributed by atoms with Crippen LogP contribution < -0.4 is 11.1 Å². The SMILES string of the molecule is CNc1cc(N)n2ncc(C)c2n1. The summed E-state index contributed by atoms with van der Waals surface area (Å²) in [4.78, 5) is 4.32. The number of aryl methyl sites for hydroxylation is 1. The van der Waals surface area contributed by atoms with Crippen LogP contribution in [-0.2, 0) is 0 Å². The summed E-state index contributed by atoms with van der Waals surface area (Å²) in [5.74, 6) is 1.34. The molecular formula is C8H11N5. The standard InChI is InChI=1S/C8H11N5/c1-5-4-11-13-6(9)3-7(10-2)12-8(5)13/h3-4H,9H2,1-2H3,(H,10,12). The molecule has 68 valence electrons. The molecule has 0 amide bonds. The molecular weight excluding hydrogens is 166 g/mol. The summed E-state index contributed by atoms with van der Waals surface area (Å²) in [6, 6.07) is 1.75. The van der Waals surface area contributed by atoms with Crippen molar-refractivity contribution in [1.29, 1.82) is 0 Å². The third kappa shape index (κ3) is 1.09. The van der Waals surface area contributed by atoms with Gasteiger partial charge < -0.3 is 11.1 Å². The topological polar surface area (TPSA) is 68.2 Å². The van der Waals surface area contributed by atoms with Crippen LogP contribution in [0.1, 0.15) is 5.56 Å². The van der Waals surface area contributed by atoms with Crippen molar-refractivity contribution in [1.82, 2.24) is 14.6 Å². The fourth-order valence-electron chi connectivity index (χ4n) is 1.22. The average Bonchev–Trinajstić information content (AvgIpc) is 2.48. The first kappa shape index (κ1) is 7.85. The third-order valence-electron chi connectivity index (χ3n) is 1.93. The lowest BCUT2D eigenvalue weighted by Crippen LogP contribution is -2.03. The quantitative estimate of drug-likeness (QED) is 0.671. The Balaban J connectivity index is 2.80. The summed E-state index contributed by atoms with van der Waals surface area (Å²) in [5, 5.41) is 7.04. The molecule has 5 heteroatoms. The largest absolute Gasteiger partial charge is 0.383 e. The fraction of sp³-hybridized carbons (Fsp3) is 0.250. The number of nitrogen functional groups attached to an aromatic ring is 1. The third-order valence-corrected chi connectivity index (χ3v) is 1.93. The van der Waals surface area contributed by atoms with E-state index in [1.54, 1.807) is 16.8 Å². The molecule has 0 spiro atoms. The van der Waals surface area contributed by atoms with Gasteiger partial charge in [-0.15, -0.1) is 0 Å². The van der Waals surface area contributed by atoms with E-state index in [1.807, 2.05) is 14.0 Å². The summed E-state index contributed by atoms with van der Waals surface area (Å²) < 4.78 is 1.62. The molecule has 0 aliphatic rings. The molecule has 3 N–H and O–H groups in total. The van der Waals surface area contributed by atoms with Crippen LogP contribution in [0.3, 0.4) is 0 Å². The Kier molecular flexibility index (Phi) is 1.58. The Bertz CT molecular complexity index is 445. The molecule has 0 aromatic carbocycles. The number of anilines is 2. The summed E-state index contributed by atoms with van der Waals surface area (Å²) in [5.41, 5.74) is 7.58.